The second-order valence-corrected chi connectivity index (χ2v) is 12.1. The van der Waals surface area contributed by atoms with Gasteiger partial charge in [0.05, 0.1) is 13.7 Å². The number of carbonyl (C=O) groups excluding carboxylic acids is 2. The summed E-state index contributed by atoms with van der Waals surface area (Å²) in [5.74, 6) is 0.759. The minimum atomic E-state index is -1.47. The van der Waals surface area contributed by atoms with E-state index in [0.29, 0.717) is 48.6 Å². The summed E-state index contributed by atoms with van der Waals surface area (Å²) < 4.78 is 23.3. The van der Waals surface area contributed by atoms with Crippen molar-refractivity contribution in [3.05, 3.63) is 95.1 Å². The number of aliphatic imine (C=N–C) groups is 1. The molecule has 1 heterocycles. The third-order valence-electron chi connectivity index (χ3n) is 7.38. The van der Waals surface area contributed by atoms with Crippen LogP contribution in [0.1, 0.15) is 68.4 Å². The molecule has 240 valence electrons. The lowest BCUT2D eigenvalue weighted by Gasteiger charge is -2.31. The van der Waals surface area contributed by atoms with Crippen LogP contribution in [0.15, 0.2) is 77.8 Å². The molecule has 0 fully saturated rings. The Labute approximate surface area is 265 Å². The van der Waals surface area contributed by atoms with E-state index in [2.05, 4.69) is 5.32 Å². The summed E-state index contributed by atoms with van der Waals surface area (Å²) in [7, 11) is 1.58. The molecule has 3 aromatic rings. The number of methoxy groups -OCH3 is 1. The topological polar surface area (TPSA) is 116 Å². The van der Waals surface area contributed by atoms with Crippen molar-refractivity contribution in [2.45, 2.75) is 70.6 Å². The van der Waals surface area contributed by atoms with Gasteiger partial charge in [-0.1, -0.05) is 42.0 Å². The Morgan fingerprint density at radius 2 is 1.76 bits per heavy atom. The van der Waals surface area contributed by atoms with Gasteiger partial charge in [0, 0.05) is 31.6 Å². The zero-order valence-corrected chi connectivity index (χ0v) is 26.8. The number of rotatable bonds is 14. The van der Waals surface area contributed by atoms with Gasteiger partial charge in [-0.3, -0.25) is 9.59 Å². The Kier molecular flexibility index (Phi) is 11.2. The fraction of sp³-hybridized carbons (Fsp3) is 0.417. The van der Waals surface area contributed by atoms with Crippen LogP contribution < -0.4 is 14.8 Å². The lowest BCUT2D eigenvalue weighted by Crippen LogP contribution is -2.49. The SMILES string of the molecule is COc1cccc([C@H]2OC(c3ccc(OCCCO)cc3)=N[C@@]2(CCC(=O)OC(C)(C)C)C(=O)NCCc2ccc(C)cc2)c1. The molecule has 2 N–H and O–H groups in total. The predicted octanol–water partition coefficient (Wildman–Crippen LogP) is 5.50. The Hall–Kier alpha value is -4.37. The first-order valence-corrected chi connectivity index (χ1v) is 15.3. The largest absolute Gasteiger partial charge is 0.497 e. The van der Waals surface area contributed by atoms with Crippen LogP contribution in [0, 0.1) is 6.92 Å². The van der Waals surface area contributed by atoms with Crippen molar-refractivity contribution in [2.75, 3.05) is 26.9 Å². The molecule has 4 rings (SSSR count). The molecule has 1 aliphatic heterocycles. The first kappa shape index (κ1) is 33.5. The molecular weight excluding hydrogens is 572 g/mol. The van der Waals surface area contributed by atoms with Crippen molar-refractivity contribution in [1.29, 1.82) is 0 Å². The van der Waals surface area contributed by atoms with E-state index in [-0.39, 0.29) is 31.3 Å². The maximum absolute atomic E-state index is 14.3. The number of hydrogen-bond acceptors (Lipinski definition) is 8. The van der Waals surface area contributed by atoms with Crippen LogP contribution in [-0.4, -0.2) is 60.9 Å². The maximum Gasteiger partial charge on any atom is 0.306 e. The van der Waals surface area contributed by atoms with E-state index in [1.54, 1.807) is 19.2 Å². The molecule has 0 bridgehead atoms. The van der Waals surface area contributed by atoms with Gasteiger partial charge in [0.15, 0.2) is 11.6 Å². The van der Waals surface area contributed by atoms with E-state index in [4.69, 9.17) is 29.0 Å². The Morgan fingerprint density at radius 1 is 1.02 bits per heavy atom. The third-order valence-corrected chi connectivity index (χ3v) is 7.38. The number of nitrogens with one attached hydrogen (secondary N) is 1. The quantitative estimate of drug-likeness (QED) is 0.182. The highest BCUT2D eigenvalue weighted by atomic mass is 16.6. The highest BCUT2D eigenvalue weighted by Gasteiger charge is 2.53. The zero-order chi connectivity index (χ0) is 32.5. The van der Waals surface area contributed by atoms with Crippen LogP contribution in [0.4, 0.5) is 0 Å². The average Bonchev–Trinajstić information content (AvgIpc) is 3.42. The first-order valence-electron chi connectivity index (χ1n) is 15.3. The Balaban J connectivity index is 1.69. The third kappa shape index (κ3) is 9.08. The number of benzene rings is 3. The summed E-state index contributed by atoms with van der Waals surface area (Å²) in [6.45, 7) is 8.28. The van der Waals surface area contributed by atoms with Crippen molar-refractivity contribution in [2.24, 2.45) is 4.99 Å². The molecule has 9 heteroatoms. The van der Waals surface area contributed by atoms with Crippen LogP contribution >= 0.6 is 0 Å². The molecule has 0 radical (unpaired) electrons. The zero-order valence-electron chi connectivity index (χ0n) is 26.8. The van der Waals surface area contributed by atoms with Crippen molar-refractivity contribution in [1.82, 2.24) is 5.32 Å². The van der Waals surface area contributed by atoms with Crippen molar-refractivity contribution < 1.29 is 33.6 Å². The number of ether oxygens (including phenoxy) is 4. The molecule has 0 spiro atoms. The molecule has 0 aromatic heterocycles. The molecule has 2 atom stereocenters. The number of carbonyl (C=O) groups is 2. The van der Waals surface area contributed by atoms with Crippen LogP contribution in [0.25, 0.3) is 0 Å². The Bertz CT molecular complexity index is 1460. The maximum atomic E-state index is 14.3. The molecule has 9 nitrogen and oxygen atoms in total. The number of hydrogen-bond donors (Lipinski definition) is 2. The number of esters is 1. The highest BCUT2D eigenvalue weighted by Crippen LogP contribution is 2.44. The van der Waals surface area contributed by atoms with E-state index in [9.17, 15) is 9.59 Å². The highest BCUT2D eigenvalue weighted by molar-refractivity contribution is 6.01. The first-order chi connectivity index (χ1) is 21.5. The number of aliphatic hydroxyl groups excluding tert-OH is 1. The van der Waals surface area contributed by atoms with Crippen LogP contribution in [0.3, 0.4) is 0 Å². The van der Waals surface area contributed by atoms with Gasteiger partial charge in [0.1, 0.15) is 17.1 Å². The van der Waals surface area contributed by atoms with E-state index >= 15 is 0 Å². The molecule has 0 saturated heterocycles. The summed E-state index contributed by atoms with van der Waals surface area (Å²) in [4.78, 5) is 32.2. The lowest BCUT2D eigenvalue weighted by molar-refractivity contribution is -0.155. The van der Waals surface area contributed by atoms with Crippen molar-refractivity contribution in [3.63, 3.8) is 0 Å². The molecule has 0 unspecified atom stereocenters. The van der Waals surface area contributed by atoms with Crippen LogP contribution in [0.2, 0.25) is 0 Å². The normalized spacial score (nSPS) is 17.6. The standard InChI is InChI=1S/C36H44N2O7/c1-25-10-12-26(13-11-25)19-21-37-34(41)36(20-18-31(40)45-35(2,3)4)32(28-8-6-9-30(24-28)42-5)44-33(38-36)27-14-16-29(17-15-27)43-23-7-22-39/h6,8-17,24,32,39H,7,18-23H2,1-5H3,(H,37,41)/t32-,36-/m1/s1. The van der Waals surface area contributed by atoms with Crippen LogP contribution in [0.5, 0.6) is 11.5 Å². The molecule has 3 aromatic carbocycles. The minimum absolute atomic E-state index is 0.0408. The average molecular weight is 617 g/mol. The molecule has 45 heavy (non-hydrogen) atoms. The lowest BCUT2D eigenvalue weighted by atomic mass is 9.83. The number of aryl methyl sites for hydroxylation is 1. The van der Waals surface area contributed by atoms with Gasteiger partial charge in [-0.05, 0) is 88.1 Å². The van der Waals surface area contributed by atoms with Crippen molar-refractivity contribution >= 4 is 17.8 Å². The van der Waals surface area contributed by atoms with Gasteiger partial charge < -0.3 is 29.4 Å². The summed E-state index contributed by atoms with van der Waals surface area (Å²) in [6, 6.07) is 22.7. The second-order valence-electron chi connectivity index (χ2n) is 12.1. The fourth-order valence-corrected chi connectivity index (χ4v) is 5.09. The molecular formula is C36H44N2O7. The monoisotopic (exact) mass is 616 g/mol. The van der Waals surface area contributed by atoms with E-state index < -0.39 is 23.2 Å². The van der Waals surface area contributed by atoms with Gasteiger partial charge in [-0.25, -0.2) is 4.99 Å². The van der Waals surface area contributed by atoms with Gasteiger partial charge in [0.25, 0.3) is 5.91 Å². The van der Waals surface area contributed by atoms with E-state index in [0.717, 1.165) is 5.56 Å². The summed E-state index contributed by atoms with van der Waals surface area (Å²) >= 11 is 0. The van der Waals surface area contributed by atoms with Gasteiger partial charge >= 0.3 is 5.97 Å². The molecule has 0 aliphatic carbocycles. The fourth-order valence-electron chi connectivity index (χ4n) is 5.09. The van der Waals surface area contributed by atoms with Gasteiger partial charge in [-0.2, -0.15) is 0 Å². The molecule has 0 saturated carbocycles. The number of aliphatic hydroxyl groups is 1. The predicted molar refractivity (Wildman–Crippen MR) is 173 cm³/mol. The molecule has 1 amide bonds. The number of nitrogens with zero attached hydrogens (tertiary/aromatic N) is 1. The van der Waals surface area contributed by atoms with E-state index in [1.807, 2.05) is 88.4 Å². The van der Waals surface area contributed by atoms with Gasteiger partial charge in [-0.15, -0.1) is 0 Å². The summed E-state index contributed by atoms with van der Waals surface area (Å²) in [6.07, 6.45) is 0.337. The van der Waals surface area contributed by atoms with Crippen LogP contribution in [-0.2, 0) is 25.5 Å². The van der Waals surface area contributed by atoms with E-state index in [1.165, 1.54) is 5.56 Å². The minimum Gasteiger partial charge on any atom is -0.497 e. The number of amides is 1. The summed E-state index contributed by atoms with van der Waals surface area (Å²) in [5.41, 5.74) is 1.47. The summed E-state index contributed by atoms with van der Waals surface area (Å²) in [5, 5.41) is 12.1. The molecule has 1 aliphatic rings. The Morgan fingerprint density at radius 3 is 2.42 bits per heavy atom. The van der Waals surface area contributed by atoms with Crippen molar-refractivity contribution in [3.8, 4) is 11.5 Å². The van der Waals surface area contributed by atoms with Gasteiger partial charge in [0.2, 0.25) is 5.90 Å². The second kappa shape index (κ2) is 15.1. The smallest absolute Gasteiger partial charge is 0.306 e.